The minimum absolute atomic E-state index is 0.0584. The van der Waals surface area contributed by atoms with Crippen molar-refractivity contribution in [2.45, 2.75) is 0 Å². The summed E-state index contributed by atoms with van der Waals surface area (Å²) in [6, 6.07) is 16.7. The predicted molar refractivity (Wildman–Crippen MR) is 87.0 cm³/mol. The molecule has 1 heterocycles. The fourth-order valence-corrected chi connectivity index (χ4v) is 2.17. The fourth-order valence-electron chi connectivity index (χ4n) is 2.17. The first kappa shape index (κ1) is 14.8. The summed E-state index contributed by atoms with van der Waals surface area (Å²) >= 11 is 0. The van der Waals surface area contributed by atoms with Crippen LogP contribution in [0.3, 0.4) is 0 Å². The van der Waals surface area contributed by atoms with E-state index in [1.165, 1.54) is 0 Å². The molecule has 3 aromatic rings. The van der Waals surface area contributed by atoms with E-state index in [2.05, 4.69) is 15.5 Å². The summed E-state index contributed by atoms with van der Waals surface area (Å²) in [5.41, 5.74) is 1.48. The molecule has 0 fully saturated rings. The number of para-hydroxylation sites is 2. The van der Waals surface area contributed by atoms with Crippen molar-refractivity contribution in [1.82, 2.24) is 14.8 Å². The van der Waals surface area contributed by atoms with Gasteiger partial charge in [-0.05, 0) is 24.3 Å². The van der Waals surface area contributed by atoms with Gasteiger partial charge in [0.15, 0.2) is 12.4 Å². The first-order valence-corrected chi connectivity index (χ1v) is 7.15. The molecule has 0 spiro atoms. The monoisotopic (exact) mass is 308 g/mol. The second-order valence-electron chi connectivity index (χ2n) is 4.96. The van der Waals surface area contributed by atoms with Crippen molar-refractivity contribution in [3.63, 3.8) is 0 Å². The van der Waals surface area contributed by atoms with Gasteiger partial charge in [-0.3, -0.25) is 4.79 Å². The van der Waals surface area contributed by atoms with Crippen molar-refractivity contribution in [1.29, 1.82) is 0 Å². The predicted octanol–water partition coefficient (Wildman–Crippen LogP) is 2.50. The molecule has 3 rings (SSSR count). The van der Waals surface area contributed by atoms with Crippen LogP contribution in [0.1, 0.15) is 0 Å². The highest BCUT2D eigenvalue weighted by atomic mass is 16.5. The van der Waals surface area contributed by atoms with E-state index in [1.807, 2.05) is 49.5 Å². The molecule has 0 aliphatic rings. The molecular formula is C17H16N4O2. The van der Waals surface area contributed by atoms with Crippen molar-refractivity contribution >= 4 is 11.6 Å². The first-order valence-electron chi connectivity index (χ1n) is 7.15. The molecule has 6 nitrogen and oxygen atoms in total. The Balaban J connectivity index is 1.71. The van der Waals surface area contributed by atoms with Gasteiger partial charge in [0.05, 0.1) is 5.69 Å². The maximum atomic E-state index is 12.1. The van der Waals surface area contributed by atoms with Crippen LogP contribution in [0.2, 0.25) is 0 Å². The fraction of sp³-hybridized carbons (Fsp3) is 0.118. The van der Waals surface area contributed by atoms with E-state index in [1.54, 1.807) is 23.0 Å². The van der Waals surface area contributed by atoms with Crippen LogP contribution in [0.15, 0.2) is 60.9 Å². The van der Waals surface area contributed by atoms with Crippen molar-refractivity contribution in [2.75, 3.05) is 11.9 Å². The lowest BCUT2D eigenvalue weighted by molar-refractivity contribution is -0.118. The van der Waals surface area contributed by atoms with E-state index in [0.29, 0.717) is 17.3 Å². The number of hydrogen-bond donors (Lipinski definition) is 1. The van der Waals surface area contributed by atoms with Crippen molar-refractivity contribution in [2.24, 2.45) is 7.05 Å². The van der Waals surface area contributed by atoms with Crippen LogP contribution in [0, 0.1) is 0 Å². The molecule has 1 N–H and O–H groups in total. The topological polar surface area (TPSA) is 69.0 Å². The lowest BCUT2D eigenvalue weighted by Gasteiger charge is -2.11. The average molecular weight is 308 g/mol. The van der Waals surface area contributed by atoms with E-state index in [0.717, 1.165) is 5.56 Å². The Hall–Kier alpha value is -3.15. The third kappa shape index (κ3) is 3.55. The standard InChI is InChI=1S/C17H16N4O2/c1-21-12-18-20-17(21)14-9-5-6-10-15(14)19-16(22)11-23-13-7-3-2-4-8-13/h2-10,12H,11H2,1H3,(H,19,22). The largest absolute Gasteiger partial charge is 0.484 e. The molecule has 0 aliphatic carbocycles. The molecule has 6 heteroatoms. The Bertz CT molecular complexity index is 799. The number of hydrogen-bond acceptors (Lipinski definition) is 4. The maximum Gasteiger partial charge on any atom is 0.262 e. The molecule has 0 saturated carbocycles. The van der Waals surface area contributed by atoms with Gasteiger partial charge in [0.25, 0.3) is 5.91 Å². The SMILES string of the molecule is Cn1cnnc1-c1ccccc1NC(=O)COc1ccccc1. The van der Waals surface area contributed by atoms with Gasteiger partial charge in [-0.2, -0.15) is 0 Å². The van der Waals surface area contributed by atoms with Crippen LogP contribution in [0.5, 0.6) is 5.75 Å². The van der Waals surface area contributed by atoms with Crippen molar-refractivity contribution < 1.29 is 9.53 Å². The van der Waals surface area contributed by atoms with E-state index >= 15 is 0 Å². The molecule has 0 radical (unpaired) electrons. The number of amides is 1. The van der Waals surface area contributed by atoms with Gasteiger partial charge in [-0.1, -0.05) is 30.3 Å². The van der Waals surface area contributed by atoms with Crippen LogP contribution in [-0.4, -0.2) is 27.3 Å². The van der Waals surface area contributed by atoms with E-state index < -0.39 is 0 Å². The number of benzene rings is 2. The molecule has 0 unspecified atom stereocenters. The summed E-state index contributed by atoms with van der Waals surface area (Å²) in [6.07, 6.45) is 1.62. The second-order valence-corrected chi connectivity index (χ2v) is 4.96. The summed E-state index contributed by atoms with van der Waals surface area (Å²) in [4.78, 5) is 12.1. The molecular weight excluding hydrogens is 292 g/mol. The number of rotatable bonds is 5. The highest BCUT2D eigenvalue weighted by Crippen LogP contribution is 2.25. The van der Waals surface area contributed by atoms with Crippen LogP contribution in [0.25, 0.3) is 11.4 Å². The van der Waals surface area contributed by atoms with Gasteiger partial charge in [0.1, 0.15) is 12.1 Å². The van der Waals surface area contributed by atoms with E-state index in [4.69, 9.17) is 4.74 Å². The number of carbonyl (C=O) groups is 1. The van der Waals surface area contributed by atoms with E-state index in [9.17, 15) is 4.79 Å². The molecule has 0 saturated heterocycles. The smallest absolute Gasteiger partial charge is 0.262 e. The summed E-state index contributed by atoms with van der Waals surface area (Å²) in [7, 11) is 1.85. The molecule has 116 valence electrons. The summed E-state index contributed by atoms with van der Waals surface area (Å²) in [5.74, 6) is 1.11. The zero-order valence-corrected chi connectivity index (χ0v) is 12.6. The Kier molecular flexibility index (Phi) is 4.33. The minimum Gasteiger partial charge on any atom is -0.484 e. The average Bonchev–Trinajstić information content (AvgIpc) is 3.00. The van der Waals surface area contributed by atoms with Crippen LogP contribution < -0.4 is 10.1 Å². The van der Waals surface area contributed by atoms with Gasteiger partial charge in [0.2, 0.25) is 0 Å². The maximum absolute atomic E-state index is 12.1. The lowest BCUT2D eigenvalue weighted by atomic mass is 10.1. The van der Waals surface area contributed by atoms with Gasteiger partial charge in [0, 0.05) is 12.6 Å². The Morgan fingerprint density at radius 2 is 1.87 bits per heavy atom. The minimum atomic E-state index is -0.233. The number of carbonyl (C=O) groups excluding carboxylic acids is 1. The van der Waals surface area contributed by atoms with Crippen LogP contribution in [-0.2, 0) is 11.8 Å². The number of ether oxygens (including phenoxy) is 1. The normalized spacial score (nSPS) is 10.3. The highest BCUT2D eigenvalue weighted by molar-refractivity contribution is 5.95. The summed E-state index contributed by atoms with van der Waals surface area (Å²) in [5, 5.41) is 10.8. The van der Waals surface area contributed by atoms with Crippen LogP contribution >= 0.6 is 0 Å². The van der Waals surface area contributed by atoms with Gasteiger partial charge >= 0.3 is 0 Å². The molecule has 1 amide bonds. The number of nitrogens with zero attached hydrogens (tertiary/aromatic N) is 3. The van der Waals surface area contributed by atoms with Gasteiger partial charge in [-0.25, -0.2) is 0 Å². The zero-order chi connectivity index (χ0) is 16.1. The molecule has 1 aromatic heterocycles. The molecule has 0 bridgehead atoms. The van der Waals surface area contributed by atoms with Gasteiger partial charge in [-0.15, -0.1) is 10.2 Å². The second kappa shape index (κ2) is 6.74. The number of aryl methyl sites for hydroxylation is 1. The molecule has 0 aliphatic heterocycles. The molecule has 0 atom stereocenters. The number of aromatic nitrogens is 3. The van der Waals surface area contributed by atoms with Crippen molar-refractivity contribution in [3.05, 3.63) is 60.9 Å². The Morgan fingerprint density at radius 1 is 1.13 bits per heavy atom. The van der Waals surface area contributed by atoms with Crippen molar-refractivity contribution in [3.8, 4) is 17.1 Å². The quantitative estimate of drug-likeness (QED) is 0.786. The Labute approximate surface area is 133 Å². The van der Waals surface area contributed by atoms with Crippen LogP contribution in [0.4, 0.5) is 5.69 Å². The molecule has 2 aromatic carbocycles. The molecule has 23 heavy (non-hydrogen) atoms. The number of anilines is 1. The third-order valence-corrected chi connectivity index (χ3v) is 3.27. The highest BCUT2D eigenvalue weighted by Gasteiger charge is 2.12. The summed E-state index contributed by atoms with van der Waals surface area (Å²) in [6.45, 7) is -0.0584. The Morgan fingerprint density at radius 3 is 2.61 bits per heavy atom. The first-order chi connectivity index (χ1) is 11.2. The zero-order valence-electron chi connectivity index (χ0n) is 12.6. The van der Waals surface area contributed by atoms with E-state index in [-0.39, 0.29) is 12.5 Å². The third-order valence-electron chi connectivity index (χ3n) is 3.27. The van der Waals surface area contributed by atoms with Gasteiger partial charge < -0.3 is 14.6 Å². The lowest BCUT2D eigenvalue weighted by Crippen LogP contribution is -2.20. The number of nitrogens with one attached hydrogen (secondary N) is 1. The summed E-state index contributed by atoms with van der Waals surface area (Å²) < 4.78 is 7.25.